The number of hydrazine groups is 1. The SMILES string of the molecule is Cc1[nH]nc2ncc(C(=O)NN)cc12. The van der Waals surface area contributed by atoms with Crippen LogP contribution in [-0.4, -0.2) is 21.1 Å². The molecule has 0 saturated carbocycles. The average molecular weight is 191 g/mol. The summed E-state index contributed by atoms with van der Waals surface area (Å²) < 4.78 is 0. The van der Waals surface area contributed by atoms with Gasteiger partial charge in [0.05, 0.1) is 5.56 Å². The number of aromatic amines is 1. The van der Waals surface area contributed by atoms with Crippen molar-refractivity contribution in [2.24, 2.45) is 5.84 Å². The first kappa shape index (κ1) is 8.64. The molecule has 0 radical (unpaired) electrons. The lowest BCUT2D eigenvalue weighted by Gasteiger charge is -1.98. The first-order valence-corrected chi connectivity index (χ1v) is 4.04. The number of nitrogens with two attached hydrogens (primary N) is 1. The van der Waals surface area contributed by atoms with E-state index in [0.717, 1.165) is 11.1 Å². The number of pyridine rings is 1. The van der Waals surface area contributed by atoms with Crippen LogP contribution in [0, 0.1) is 6.92 Å². The van der Waals surface area contributed by atoms with E-state index in [-0.39, 0.29) is 5.91 Å². The van der Waals surface area contributed by atoms with Gasteiger partial charge in [-0.25, -0.2) is 10.8 Å². The second kappa shape index (κ2) is 3.08. The number of rotatable bonds is 1. The van der Waals surface area contributed by atoms with Crippen molar-refractivity contribution in [2.75, 3.05) is 0 Å². The maximum Gasteiger partial charge on any atom is 0.266 e. The van der Waals surface area contributed by atoms with Crippen molar-refractivity contribution in [1.82, 2.24) is 20.6 Å². The Labute approximate surface area is 79.5 Å². The zero-order valence-corrected chi connectivity index (χ0v) is 7.53. The van der Waals surface area contributed by atoms with Crippen LogP contribution in [0.25, 0.3) is 11.0 Å². The maximum absolute atomic E-state index is 11.2. The third-order valence-corrected chi connectivity index (χ3v) is 1.99. The van der Waals surface area contributed by atoms with Crippen LogP contribution < -0.4 is 11.3 Å². The normalized spacial score (nSPS) is 10.4. The van der Waals surface area contributed by atoms with Crippen molar-refractivity contribution >= 4 is 16.9 Å². The average Bonchev–Trinajstić information content (AvgIpc) is 2.59. The predicted molar refractivity (Wildman–Crippen MR) is 50.3 cm³/mol. The van der Waals surface area contributed by atoms with Crippen LogP contribution in [0.15, 0.2) is 12.3 Å². The summed E-state index contributed by atoms with van der Waals surface area (Å²) in [4.78, 5) is 15.2. The van der Waals surface area contributed by atoms with E-state index >= 15 is 0 Å². The van der Waals surface area contributed by atoms with Gasteiger partial charge < -0.3 is 0 Å². The molecule has 1 amide bonds. The minimum Gasteiger partial charge on any atom is -0.290 e. The molecular formula is C8H9N5O. The molecular weight excluding hydrogens is 182 g/mol. The first-order valence-electron chi connectivity index (χ1n) is 4.04. The Hall–Kier alpha value is -1.95. The van der Waals surface area contributed by atoms with Gasteiger partial charge in [0.15, 0.2) is 5.65 Å². The largest absolute Gasteiger partial charge is 0.290 e. The van der Waals surface area contributed by atoms with Crippen molar-refractivity contribution in [3.05, 3.63) is 23.5 Å². The number of aromatic nitrogens is 3. The number of nitrogens with zero attached hydrogens (tertiary/aromatic N) is 2. The number of nitrogen functional groups attached to an aromatic ring is 1. The lowest BCUT2D eigenvalue weighted by Crippen LogP contribution is -2.30. The van der Waals surface area contributed by atoms with Gasteiger partial charge in [0.2, 0.25) is 0 Å². The van der Waals surface area contributed by atoms with E-state index in [0.29, 0.717) is 11.2 Å². The fourth-order valence-electron chi connectivity index (χ4n) is 1.23. The van der Waals surface area contributed by atoms with Crippen LogP contribution in [-0.2, 0) is 0 Å². The number of H-pyrrole nitrogens is 1. The molecule has 0 atom stereocenters. The molecule has 0 saturated heterocycles. The lowest BCUT2D eigenvalue weighted by atomic mass is 10.2. The van der Waals surface area contributed by atoms with Crippen LogP contribution >= 0.6 is 0 Å². The Kier molecular flexibility index (Phi) is 1.90. The summed E-state index contributed by atoms with van der Waals surface area (Å²) in [6.45, 7) is 1.86. The van der Waals surface area contributed by atoms with Crippen LogP contribution in [0.1, 0.15) is 16.1 Å². The summed E-state index contributed by atoms with van der Waals surface area (Å²) in [6, 6.07) is 1.70. The lowest BCUT2D eigenvalue weighted by molar-refractivity contribution is 0.0953. The summed E-state index contributed by atoms with van der Waals surface area (Å²) in [5.41, 5.74) is 3.94. The minimum atomic E-state index is -0.361. The number of hydrogen-bond acceptors (Lipinski definition) is 4. The number of aryl methyl sites for hydroxylation is 1. The van der Waals surface area contributed by atoms with Gasteiger partial charge in [0.1, 0.15) is 0 Å². The number of carbonyl (C=O) groups is 1. The zero-order valence-electron chi connectivity index (χ0n) is 7.53. The minimum absolute atomic E-state index is 0.361. The number of nitrogens with one attached hydrogen (secondary N) is 2. The molecule has 0 aliphatic carbocycles. The van der Waals surface area contributed by atoms with E-state index in [2.05, 4.69) is 15.2 Å². The Morgan fingerprint density at radius 3 is 3.14 bits per heavy atom. The summed E-state index contributed by atoms with van der Waals surface area (Å²) in [7, 11) is 0. The molecule has 0 aliphatic rings. The van der Waals surface area contributed by atoms with Crippen LogP contribution in [0.4, 0.5) is 0 Å². The number of fused-ring (bicyclic) bond motifs is 1. The molecule has 14 heavy (non-hydrogen) atoms. The molecule has 72 valence electrons. The summed E-state index contributed by atoms with van der Waals surface area (Å²) >= 11 is 0. The van der Waals surface area contributed by atoms with Crippen LogP contribution in [0.5, 0.6) is 0 Å². The number of hydrogen-bond donors (Lipinski definition) is 3. The van der Waals surface area contributed by atoms with Crippen molar-refractivity contribution < 1.29 is 4.79 Å². The molecule has 6 nitrogen and oxygen atoms in total. The molecule has 2 aromatic rings. The predicted octanol–water partition coefficient (Wildman–Crippen LogP) is -0.130. The fraction of sp³-hybridized carbons (Fsp3) is 0.125. The molecule has 2 aromatic heterocycles. The summed E-state index contributed by atoms with van der Waals surface area (Å²) in [6.07, 6.45) is 1.44. The molecule has 0 aromatic carbocycles. The molecule has 0 spiro atoms. The molecule has 2 heterocycles. The highest BCUT2D eigenvalue weighted by Gasteiger charge is 2.08. The van der Waals surface area contributed by atoms with Gasteiger partial charge in [-0.2, -0.15) is 5.10 Å². The van der Waals surface area contributed by atoms with Gasteiger partial charge in [0.25, 0.3) is 5.91 Å². The van der Waals surface area contributed by atoms with Crippen molar-refractivity contribution in [1.29, 1.82) is 0 Å². The Bertz CT molecular complexity index is 489. The van der Waals surface area contributed by atoms with E-state index < -0.39 is 0 Å². The molecule has 4 N–H and O–H groups in total. The molecule has 2 rings (SSSR count). The first-order chi connectivity index (χ1) is 6.72. The van der Waals surface area contributed by atoms with Crippen LogP contribution in [0.3, 0.4) is 0 Å². The topological polar surface area (TPSA) is 96.7 Å². The maximum atomic E-state index is 11.2. The van der Waals surface area contributed by atoms with E-state index in [1.165, 1.54) is 6.20 Å². The van der Waals surface area contributed by atoms with Gasteiger partial charge in [-0.3, -0.25) is 15.3 Å². The van der Waals surface area contributed by atoms with E-state index in [4.69, 9.17) is 5.84 Å². The van der Waals surface area contributed by atoms with Crippen molar-refractivity contribution in [3.63, 3.8) is 0 Å². The molecule has 0 fully saturated rings. The Balaban J connectivity index is 2.60. The zero-order chi connectivity index (χ0) is 10.1. The van der Waals surface area contributed by atoms with Gasteiger partial charge in [-0.1, -0.05) is 0 Å². The number of amides is 1. The molecule has 0 bridgehead atoms. The number of carbonyl (C=O) groups excluding carboxylic acids is 1. The van der Waals surface area contributed by atoms with E-state index in [9.17, 15) is 4.79 Å². The van der Waals surface area contributed by atoms with Crippen molar-refractivity contribution in [2.45, 2.75) is 6.92 Å². The quantitative estimate of drug-likeness (QED) is 0.332. The van der Waals surface area contributed by atoms with Gasteiger partial charge in [0, 0.05) is 17.3 Å². The molecule has 0 aliphatic heterocycles. The van der Waals surface area contributed by atoms with Crippen molar-refractivity contribution in [3.8, 4) is 0 Å². The molecule has 0 unspecified atom stereocenters. The summed E-state index contributed by atoms with van der Waals surface area (Å²) in [5, 5.41) is 7.56. The Morgan fingerprint density at radius 2 is 2.43 bits per heavy atom. The fourth-order valence-corrected chi connectivity index (χ4v) is 1.23. The van der Waals surface area contributed by atoms with E-state index in [1.807, 2.05) is 12.3 Å². The second-order valence-electron chi connectivity index (χ2n) is 2.92. The smallest absolute Gasteiger partial charge is 0.266 e. The van der Waals surface area contributed by atoms with Gasteiger partial charge in [-0.15, -0.1) is 0 Å². The standard InChI is InChI=1S/C8H9N5O/c1-4-6-2-5(8(14)11-9)3-10-7(6)13-12-4/h2-3H,9H2,1H3,(H,11,14)(H,10,12,13). The molecule has 6 heteroatoms. The van der Waals surface area contributed by atoms with Gasteiger partial charge >= 0.3 is 0 Å². The van der Waals surface area contributed by atoms with Crippen LogP contribution in [0.2, 0.25) is 0 Å². The van der Waals surface area contributed by atoms with E-state index in [1.54, 1.807) is 6.07 Å². The highest BCUT2D eigenvalue weighted by molar-refractivity contribution is 5.96. The Morgan fingerprint density at radius 1 is 1.64 bits per heavy atom. The third kappa shape index (κ3) is 1.21. The highest BCUT2D eigenvalue weighted by Crippen LogP contribution is 2.13. The van der Waals surface area contributed by atoms with Gasteiger partial charge in [-0.05, 0) is 13.0 Å². The second-order valence-corrected chi connectivity index (χ2v) is 2.92. The highest BCUT2D eigenvalue weighted by atomic mass is 16.2. The summed E-state index contributed by atoms with van der Waals surface area (Å²) in [5.74, 6) is 4.65. The third-order valence-electron chi connectivity index (χ3n) is 1.99. The monoisotopic (exact) mass is 191 g/mol.